The fraction of sp³-hybridized carbons (Fsp3) is 0.625. The summed E-state index contributed by atoms with van der Waals surface area (Å²) < 4.78 is 0. The summed E-state index contributed by atoms with van der Waals surface area (Å²) in [5.41, 5.74) is 0.383. The van der Waals surface area contributed by atoms with Gasteiger partial charge >= 0.3 is 5.97 Å². The summed E-state index contributed by atoms with van der Waals surface area (Å²) in [6.45, 7) is 6.94. The highest BCUT2D eigenvalue weighted by Crippen LogP contribution is 2.11. The van der Waals surface area contributed by atoms with Gasteiger partial charge < -0.3 is 14.8 Å². The third kappa shape index (κ3) is 9.50. The normalized spacial score (nSPS) is 13.2. The van der Waals surface area contributed by atoms with Crippen LogP contribution in [-0.4, -0.2) is 42.4 Å². The summed E-state index contributed by atoms with van der Waals surface area (Å²) in [7, 11) is 2.00. The Bertz CT molecular complexity index is 337. The molecule has 0 bridgehead atoms. The number of allylic oxidation sites excluding steroid dienone is 1. The van der Waals surface area contributed by atoms with Gasteiger partial charge in [0, 0.05) is 18.0 Å². The number of unbranched alkanes of at least 4 members (excludes halogenated alkanes) is 1. The molecule has 0 aromatic heterocycles. The second kappa shape index (κ2) is 11.4. The molecule has 0 aromatic carbocycles. The molecular weight excluding hydrogens is 254 g/mol. The van der Waals surface area contributed by atoms with Gasteiger partial charge in [-0.1, -0.05) is 12.2 Å². The van der Waals surface area contributed by atoms with E-state index < -0.39 is 5.97 Å². The van der Waals surface area contributed by atoms with Crippen LogP contribution in [0.15, 0.2) is 24.3 Å². The van der Waals surface area contributed by atoms with Crippen molar-refractivity contribution in [3.8, 4) is 0 Å². The molecule has 0 radical (unpaired) electrons. The minimum atomic E-state index is -0.865. The van der Waals surface area contributed by atoms with Crippen LogP contribution in [0, 0.1) is 5.92 Å². The van der Waals surface area contributed by atoms with Gasteiger partial charge in [0.1, 0.15) is 6.29 Å². The molecule has 0 saturated heterocycles. The molecule has 0 amide bonds. The zero-order valence-corrected chi connectivity index (χ0v) is 12.7. The van der Waals surface area contributed by atoms with E-state index in [0.717, 1.165) is 51.5 Å². The van der Waals surface area contributed by atoms with E-state index in [1.807, 2.05) is 13.1 Å². The Morgan fingerprint density at radius 3 is 2.55 bits per heavy atom. The minimum absolute atomic E-state index is 0.119. The quantitative estimate of drug-likeness (QED) is 0.259. The molecule has 0 spiro atoms. The summed E-state index contributed by atoms with van der Waals surface area (Å²) in [6.07, 6.45) is 9.13. The molecule has 0 fully saturated rings. The number of carboxylic acid groups (broad SMARTS) is 1. The Kier molecular flexibility index (Phi) is 10.6. The van der Waals surface area contributed by atoms with Crippen molar-refractivity contribution < 1.29 is 14.7 Å². The zero-order valence-electron chi connectivity index (χ0n) is 12.7. The third-order valence-corrected chi connectivity index (χ3v) is 3.36. The van der Waals surface area contributed by atoms with Gasteiger partial charge in [-0.3, -0.25) is 0 Å². The van der Waals surface area contributed by atoms with Gasteiger partial charge in [-0.15, -0.1) is 6.58 Å². The predicted molar refractivity (Wildman–Crippen MR) is 81.7 cm³/mol. The lowest BCUT2D eigenvalue weighted by molar-refractivity contribution is -0.132. The van der Waals surface area contributed by atoms with E-state index in [2.05, 4.69) is 11.5 Å². The number of hydrogen-bond acceptors (Lipinski definition) is 3. The standard InChI is InChI=1S/C16H27NO3/c1-4-5-6-9-15(13-18)10-12-17(3)11-7-8-14(2)16(19)20/h4,8,13,15H,1,5-7,9-12H2,2-3H3,(H,19,20). The fourth-order valence-corrected chi connectivity index (χ4v) is 1.89. The number of carboxylic acids is 1. The molecule has 0 heterocycles. The summed E-state index contributed by atoms with van der Waals surface area (Å²) >= 11 is 0. The molecule has 114 valence electrons. The summed E-state index contributed by atoms with van der Waals surface area (Å²) in [5.74, 6) is -0.746. The van der Waals surface area contributed by atoms with E-state index in [9.17, 15) is 9.59 Å². The molecule has 0 aliphatic carbocycles. The lowest BCUT2D eigenvalue weighted by Crippen LogP contribution is -2.23. The number of aliphatic carboxylic acids is 1. The number of carbonyl (C=O) groups is 2. The van der Waals surface area contributed by atoms with Crippen molar-refractivity contribution in [1.29, 1.82) is 0 Å². The van der Waals surface area contributed by atoms with Gasteiger partial charge in [-0.2, -0.15) is 0 Å². The molecule has 4 heteroatoms. The van der Waals surface area contributed by atoms with Crippen molar-refractivity contribution in [2.45, 2.75) is 39.0 Å². The highest BCUT2D eigenvalue weighted by molar-refractivity contribution is 5.85. The molecule has 0 rings (SSSR count). The Hall–Kier alpha value is -1.42. The van der Waals surface area contributed by atoms with Gasteiger partial charge in [0.15, 0.2) is 0 Å². The molecule has 20 heavy (non-hydrogen) atoms. The van der Waals surface area contributed by atoms with Gasteiger partial charge in [-0.05, 0) is 52.6 Å². The second-order valence-corrected chi connectivity index (χ2v) is 5.19. The van der Waals surface area contributed by atoms with Crippen molar-refractivity contribution in [3.63, 3.8) is 0 Å². The number of hydrogen-bond donors (Lipinski definition) is 1. The van der Waals surface area contributed by atoms with Crippen molar-refractivity contribution in [2.24, 2.45) is 5.92 Å². The topological polar surface area (TPSA) is 57.6 Å². The second-order valence-electron chi connectivity index (χ2n) is 5.19. The number of nitrogens with zero attached hydrogens (tertiary/aromatic N) is 1. The van der Waals surface area contributed by atoms with E-state index in [0.29, 0.717) is 5.57 Å². The maximum Gasteiger partial charge on any atom is 0.330 e. The van der Waals surface area contributed by atoms with Crippen LogP contribution in [0.5, 0.6) is 0 Å². The first kappa shape index (κ1) is 18.6. The van der Waals surface area contributed by atoms with Crippen molar-refractivity contribution in [3.05, 3.63) is 24.3 Å². The molecule has 0 aliphatic rings. The summed E-state index contributed by atoms with van der Waals surface area (Å²) in [6, 6.07) is 0. The number of rotatable bonds is 12. The van der Waals surface area contributed by atoms with E-state index in [-0.39, 0.29) is 5.92 Å². The van der Waals surface area contributed by atoms with E-state index in [4.69, 9.17) is 5.11 Å². The smallest absolute Gasteiger partial charge is 0.330 e. The van der Waals surface area contributed by atoms with E-state index in [1.165, 1.54) is 0 Å². The Morgan fingerprint density at radius 1 is 1.30 bits per heavy atom. The molecule has 0 aliphatic heterocycles. The average molecular weight is 281 g/mol. The first-order valence-corrected chi connectivity index (χ1v) is 7.16. The Labute approximate surface area is 122 Å². The highest BCUT2D eigenvalue weighted by Gasteiger charge is 2.08. The molecule has 1 N–H and O–H groups in total. The first-order chi connectivity index (χ1) is 9.51. The van der Waals surface area contributed by atoms with E-state index in [1.54, 1.807) is 13.0 Å². The average Bonchev–Trinajstić information content (AvgIpc) is 2.42. The van der Waals surface area contributed by atoms with E-state index >= 15 is 0 Å². The van der Waals surface area contributed by atoms with Crippen molar-refractivity contribution in [1.82, 2.24) is 4.90 Å². The van der Waals surface area contributed by atoms with Crippen LogP contribution in [0.3, 0.4) is 0 Å². The van der Waals surface area contributed by atoms with Crippen LogP contribution in [0.4, 0.5) is 0 Å². The minimum Gasteiger partial charge on any atom is -0.478 e. The highest BCUT2D eigenvalue weighted by atomic mass is 16.4. The maximum atomic E-state index is 11.0. The lowest BCUT2D eigenvalue weighted by Gasteiger charge is -2.18. The van der Waals surface area contributed by atoms with Crippen LogP contribution in [-0.2, 0) is 9.59 Å². The predicted octanol–water partition coefficient (Wildman–Crippen LogP) is 2.90. The van der Waals surface area contributed by atoms with Gasteiger partial charge in [0.2, 0.25) is 0 Å². The molecule has 1 unspecified atom stereocenters. The molecule has 0 saturated carbocycles. The maximum absolute atomic E-state index is 11.0. The largest absolute Gasteiger partial charge is 0.478 e. The van der Waals surface area contributed by atoms with Crippen LogP contribution in [0.25, 0.3) is 0 Å². The van der Waals surface area contributed by atoms with Crippen LogP contribution in [0.1, 0.15) is 39.0 Å². The Morgan fingerprint density at radius 2 is 2.00 bits per heavy atom. The van der Waals surface area contributed by atoms with Gasteiger partial charge in [0.25, 0.3) is 0 Å². The van der Waals surface area contributed by atoms with Crippen LogP contribution >= 0.6 is 0 Å². The lowest BCUT2D eigenvalue weighted by atomic mass is 10.00. The van der Waals surface area contributed by atoms with Crippen molar-refractivity contribution >= 4 is 12.3 Å². The van der Waals surface area contributed by atoms with Crippen LogP contribution in [0.2, 0.25) is 0 Å². The molecule has 0 aromatic rings. The van der Waals surface area contributed by atoms with Crippen LogP contribution < -0.4 is 0 Å². The monoisotopic (exact) mass is 281 g/mol. The van der Waals surface area contributed by atoms with Gasteiger partial charge in [-0.25, -0.2) is 4.79 Å². The molecule has 4 nitrogen and oxygen atoms in total. The number of aldehydes is 1. The molecule has 1 atom stereocenters. The number of carbonyl (C=O) groups excluding carboxylic acids is 1. The Balaban J connectivity index is 3.87. The first-order valence-electron chi connectivity index (χ1n) is 7.16. The van der Waals surface area contributed by atoms with Crippen molar-refractivity contribution in [2.75, 3.05) is 20.1 Å². The third-order valence-electron chi connectivity index (χ3n) is 3.36. The zero-order chi connectivity index (χ0) is 15.4. The fourth-order valence-electron chi connectivity index (χ4n) is 1.89. The summed E-state index contributed by atoms with van der Waals surface area (Å²) in [4.78, 5) is 23.7. The summed E-state index contributed by atoms with van der Waals surface area (Å²) in [5, 5.41) is 8.73. The molecular formula is C16H27NO3. The van der Waals surface area contributed by atoms with Gasteiger partial charge in [0.05, 0.1) is 0 Å². The SMILES string of the molecule is C=CCCCC(C=O)CCN(C)CCC=C(C)C(=O)O.